The van der Waals surface area contributed by atoms with Crippen LogP contribution < -0.4 is 4.74 Å². The molecule has 0 saturated carbocycles. The molecule has 8 heteroatoms. The molecule has 4 rings (SSSR count). The first-order chi connectivity index (χ1) is 16.1. The van der Waals surface area contributed by atoms with Crippen molar-refractivity contribution in [2.75, 3.05) is 13.2 Å². The van der Waals surface area contributed by atoms with Crippen molar-refractivity contribution in [2.24, 2.45) is 4.99 Å². The number of nitrogens with zero attached hydrogens (tertiary/aromatic N) is 2. The van der Waals surface area contributed by atoms with Gasteiger partial charge in [0, 0.05) is 0 Å². The summed E-state index contributed by atoms with van der Waals surface area (Å²) in [5.74, 6) is 0.655. The minimum absolute atomic E-state index is 0.145. The molecular weight excluding hydrogens is 440 g/mol. The van der Waals surface area contributed by atoms with Gasteiger partial charge < -0.3 is 13.9 Å². The van der Waals surface area contributed by atoms with E-state index in [9.17, 15) is 9.59 Å². The van der Waals surface area contributed by atoms with Crippen LogP contribution in [0.4, 0.5) is 5.69 Å². The van der Waals surface area contributed by atoms with Gasteiger partial charge >= 0.3 is 5.97 Å². The number of aliphatic imine (C=N–C) groups is 1. The topological polar surface area (TPSA) is 81.3 Å². The molecule has 0 radical (unpaired) electrons. The van der Waals surface area contributed by atoms with E-state index < -0.39 is 5.97 Å². The second-order valence-electron chi connectivity index (χ2n) is 6.97. The highest BCUT2D eigenvalue weighted by atomic mass is 32.2. The van der Waals surface area contributed by atoms with E-state index in [1.54, 1.807) is 36.3 Å². The number of hydrogen-bond acceptors (Lipinski definition) is 7. The van der Waals surface area contributed by atoms with Crippen molar-refractivity contribution in [1.29, 1.82) is 0 Å². The third kappa shape index (κ3) is 5.93. The lowest BCUT2D eigenvalue weighted by Gasteiger charge is -2.13. The Balaban J connectivity index is 1.52. The average molecular weight is 463 g/mol. The first kappa shape index (κ1) is 22.4. The first-order valence-electron chi connectivity index (χ1n) is 10.4. The minimum Gasteiger partial charge on any atom is -0.482 e. The van der Waals surface area contributed by atoms with Crippen LogP contribution in [0.3, 0.4) is 0 Å². The van der Waals surface area contributed by atoms with Crippen molar-refractivity contribution in [3.8, 4) is 5.75 Å². The number of carbonyl (C=O) groups is 2. The highest BCUT2D eigenvalue weighted by molar-refractivity contribution is 8.18. The van der Waals surface area contributed by atoms with Gasteiger partial charge in [0.2, 0.25) is 0 Å². The molecule has 3 aromatic rings. The Hall–Kier alpha value is -3.78. The van der Waals surface area contributed by atoms with Gasteiger partial charge in [-0.15, -0.1) is 0 Å². The maximum Gasteiger partial charge on any atom is 0.344 e. The van der Waals surface area contributed by atoms with E-state index in [0.717, 1.165) is 11.3 Å². The number of hydrogen-bond donors (Lipinski definition) is 0. The van der Waals surface area contributed by atoms with Crippen LogP contribution in [0.15, 0.2) is 87.3 Å². The van der Waals surface area contributed by atoms with Gasteiger partial charge in [0.05, 0.1) is 30.0 Å². The molecule has 0 N–H and O–H groups in total. The summed E-state index contributed by atoms with van der Waals surface area (Å²) in [6.07, 6.45) is 3.39. The van der Waals surface area contributed by atoms with Gasteiger partial charge in [-0.2, -0.15) is 0 Å². The standard InChI is InChI=1S/C25H22N2O5S/c1-2-30-23(28)17-32-20-12-10-18(11-13-20)15-22-24(29)27(16-21-9-6-14-31-21)25(33-22)26-19-7-4-3-5-8-19/h3-15H,2,16-17H2,1H3/b22-15-,26-25?. The number of amides is 1. The molecule has 0 bridgehead atoms. The molecule has 1 aliphatic heterocycles. The van der Waals surface area contributed by atoms with Gasteiger partial charge in [-0.3, -0.25) is 9.69 Å². The molecule has 0 spiro atoms. The summed E-state index contributed by atoms with van der Waals surface area (Å²) in [6, 6.07) is 20.3. The Morgan fingerprint density at radius 1 is 1.09 bits per heavy atom. The lowest BCUT2D eigenvalue weighted by molar-refractivity contribution is -0.145. The number of thioether (sulfide) groups is 1. The average Bonchev–Trinajstić information content (AvgIpc) is 3.44. The Labute approximate surface area is 195 Å². The summed E-state index contributed by atoms with van der Waals surface area (Å²) >= 11 is 1.32. The molecule has 1 fully saturated rings. The molecule has 7 nitrogen and oxygen atoms in total. The third-order valence-corrected chi connectivity index (χ3v) is 5.61. The van der Waals surface area contributed by atoms with Crippen LogP contribution in [0.1, 0.15) is 18.2 Å². The van der Waals surface area contributed by atoms with Crippen LogP contribution in [0.2, 0.25) is 0 Å². The predicted molar refractivity (Wildman–Crippen MR) is 127 cm³/mol. The number of ether oxygens (including phenoxy) is 2. The zero-order chi connectivity index (χ0) is 23.0. The van der Waals surface area contributed by atoms with Crippen LogP contribution in [-0.4, -0.2) is 35.2 Å². The predicted octanol–water partition coefficient (Wildman–Crippen LogP) is 5.03. The molecule has 1 aliphatic rings. The van der Waals surface area contributed by atoms with Crippen molar-refractivity contribution < 1.29 is 23.5 Å². The van der Waals surface area contributed by atoms with E-state index >= 15 is 0 Å². The molecule has 2 aromatic carbocycles. The van der Waals surface area contributed by atoms with E-state index in [4.69, 9.17) is 13.9 Å². The van der Waals surface area contributed by atoms with Crippen molar-refractivity contribution in [3.05, 3.63) is 89.2 Å². The molecule has 33 heavy (non-hydrogen) atoms. The third-order valence-electron chi connectivity index (χ3n) is 4.60. The lowest BCUT2D eigenvalue weighted by atomic mass is 10.2. The fraction of sp³-hybridized carbons (Fsp3) is 0.160. The summed E-state index contributed by atoms with van der Waals surface area (Å²) in [5.41, 5.74) is 1.59. The smallest absolute Gasteiger partial charge is 0.344 e. The maximum absolute atomic E-state index is 13.2. The van der Waals surface area contributed by atoms with E-state index in [1.165, 1.54) is 11.8 Å². The number of amidine groups is 1. The fourth-order valence-electron chi connectivity index (χ4n) is 3.06. The summed E-state index contributed by atoms with van der Waals surface area (Å²) < 4.78 is 15.7. The molecule has 0 unspecified atom stereocenters. The van der Waals surface area contributed by atoms with Crippen molar-refractivity contribution in [3.63, 3.8) is 0 Å². The van der Waals surface area contributed by atoms with Gasteiger partial charge in [-0.05, 0) is 66.7 Å². The molecule has 0 atom stereocenters. The van der Waals surface area contributed by atoms with Crippen LogP contribution in [0.5, 0.6) is 5.75 Å². The number of rotatable bonds is 8. The molecule has 0 aliphatic carbocycles. The molecule has 168 valence electrons. The molecule has 2 heterocycles. The number of para-hydroxylation sites is 1. The Morgan fingerprint density at radius 3 is 2.58 bits per heavy atom. The lowest BCUT2D eigenvalue weighted by Crippen LogP contribution is -2.28. The Bertz CT molecular complexity index is 1160. The SMILES string of the molecule is CCOC(=O)COc1ccc(/C=C2\SC(=Nc3ccccc3)N(Cc3ccco3)C2=O)cc1. The van der Waals surface area contributed by atoms with E-state index in [-0.39, 0.29) is 12.5 Å². The van der Waals surface area contributed by atoms with Crippen LogP contribution in [-0.2, 0) is 20.9 Å². The summed E-state index contributed by atoms with van der Waals surface area (Å²) in [6.45, 7) is 2.20. The highest BCUT2D eigenvalue weighted by Gasteiger charge is 2.34. The highest BCUT2D eigenvalue weighted by Crippen LogP contribution is 2.35. The van der Waals surface area contributed by atoms with E-state index in [2.05, 4.69) is 4.99 Å². The zero-order valence-corrected chi connectivity index (χ0v) is 18.8. The van der Waals surface area contributed by atoms with E-state index in [1.807, 2.05) is 54.6 Å². The number of benzene rings is 2. The van der Waals surface area contributed by atoms with Gasteiger partial charge in [0.1, 0.15) is 11.5 Å². The zero-order valence-electron chi connectivity index (χ0n) is 18.0. The van der Waals surface area contributed by atoms with Crippen LogP contribution in [0, 0.1) is 0 Å². The Morgan fingerprint density at radius 2 is 1.88 bits per heavy atom. The summed E-state index contributed by atoms with van der Waals surface area (Å²) in [5, 5.41) is 0.586. The Kier molecular flexibility index (Phi) is 7.26. The molecule has 1 amide bonds. The first-order valence-corrected chi connectivity index (χ1v) is 11.2. The van der Waals surface area contributed by atoms with E-state index in [0.29, 0.717) is 34.7 Å². The summed E-state index contributed by atoms with van der Waals surface area (Å²) in [4.78, 5) is 31.5. The normalized spacial score (nSPS) is 15.9. The largest absolute Gasteiger partial charge is 0.482 e. The van der Waals surface area contributed by atoms with Crippen molar-refractivity contribution in [2.45, 2.75) is 13.5 Å². The van der Waals surface area contributed by atoms with Crippen molar-refractivity contribution >= 4 is 40.6 Å². The maximum atomic E-state index is 13.2. The second kappa shape index (κ2) is 10.7. The van der Waals surface area contributed by atoms with Gasteiger partial charge in [0.15, 0.2) is 11.8 Å². The summed E-state index contributed by atoms with van der Waals surface area (Å²) in [7, 11) is 0. The number of carbonyl (C=O) groups excluding carboxylic acids is 2. The quantitative estimate of drug-likeness (QED) is 0.345. The van der Waals surface area contributed by atoms with Gasteiger partial charge in [-0.1, -0.05) is 30.3 Å². The number of furan rings is 1. The fourth-order valence-corrected chi connectivity index (χ4v) is 4.06. The van der Waals surface area contributed by atoms with Gasteiger partial charge in [0.25, 0.3) is 5.91 Å². The van der Waals surface area contributed by atoms with Gasteiger partial charge in [-0.25, -0.2) is 9.79 Å². The molecule has 1 saturated heterocycles. The monoisotopic (exact) mass is 462 g/mol. The molecular formula is C25H22N2O5S. The number of esters is 1. The second-order valence-corrected chi connectivity index (χ2v) is 7.98. The minimum atomic E-state index is -0.418. The van der Waals surface area contributed by atoms with Crippen LogP contribution >= 0.6 is 11.8 Å². The molecule has 1 aromatic heterocycles. The van der Waals surface area contributed by atoms with Crippen LogP contribution in [0.25, 0.3) is 6.08 Å². The van der Waals surface area contributed by atoms with Crippen molar-refractivity contribution in [1.82, 2.24) is 4.90 Å².